The molecule has 2 saturated heterocycles. The number of esters is 1. The van der Waals surface area contributed by atoms with Crippen LogP contribution in [0.5, 0.6) is 0 Å². The first-order valence-corrected chi connectivity index (χ1v) is 7.27. The summed E-state index contributed by atoms with van der Waals surface area (Å²) in [5.41, 5.74) is 0.759. The van der Waals surface area contributed by atoms with Crippen molar-refractivity contribution in [1.82, 2.24) is 4.90 Å². The van der Waals surface area contributed by atoms with Crippen molar-refractivity contribution in [3.63, 3.8) is 0 Å². The van der Waals surface area contributed by atoms with E-state index in [1.54, 1.807) is 0 Å². The van der Waals surface area contributed by atoms with E-state index in [0.717, 1.165) is 25.1 Å². The largest absolute Gasteiger partial charge is 0.451 e. The van der Waals surface area contributed by atoms with Gasteiger partial charge in [-0.25, -0.2) is 0 Å². The Labute approximate surface area is 114 Å². The molecule has 102 valence electrons. The number of fused-ring (bicyclic) bond motifs is 1. The van der Waals surface area contributed by atoms with Crippen LogP contribution in [0, 0.1) is 0 Å². The molecule has 0 aromatic heterocycles. The molecular weight excluding hydrogens is 238 g/mol. The number of carbonyl (C=O) groups excluding carboxylic acids is 1. The van der Waals surface area contributed by atoms with Crippen molar-refractivity contribution in [2.75, 3.05) is 13.1 Å². The van der Waals surface area contributed by atoms with Crippen molar-refractivity contribution >= 4 is 5.97 Å². The highest BCUT2D eigenvalue weighted by molar-refractivity contribution is 5.70. The summed E-state index contributed by atoms with van der Waals surface area (Å²) in [4.78, 5) is 14.3. The van der Waals surface area contributed by atoms with E-state index in [-0.39, 0.29) is 5.97 Å². The van der Waals surface area contributed by atoms with Gasteiger partial charge in [-0.15, -0.1) is 0 Å². The van der Waals surface area contributed by atoms with Gasteiger partial charge in [0.1, 0.15) is 0 Å². The van der Waals surface area contributed by atoms with Crippen molar-refractivity contribution in [3.8, 4) is 0 Å². The average molecular weight is 259 g/mol. The minimum Gasteiger partial charge on any atom is -0.451 e. The van der Waals surface area contributed by atoms with Crippen molar-refractivity contribution in [2.45, 2.75) is 44.2 Å². The smallest absolute Gasteiger partial charge is 0.306 e. The van der Waals surface area contributed by atoms with E-state index in [0.29, 0.717) is 12.5 Å². The van der Waals surface area contributed by atoms with Gasteiger partial charge in [0.15, 0.2) is 5.60 Å². The Bertz CT molecular complexity index is 459. The first-order chi connectivity index (χ1) is 9.26. The van der Waals surface area contributed by atoms with Crippen LogP contribution in [0.2, 0.25) is 0 Å². The Hall–Kier alpha value is -1.35. The SMILES string of the molecule is CCC(=O)OC1(c2ccccc2)CN2CCCCC21. The fourth-order valence-electron chi connectivity index (χ4n) is 3.44. The molecule has 1 aromatic carbocycles. The second-order valence-electron chi connectivity index (χ2n) is 5.57. The van der Waals surface area contributed by atoms with E-state index >= 15 is 0 Å². The van der Waals surface area contributed by atoms with Crippen LogP contribution in [0.4, 0.5) is 0 Å². The highest BCUT2D eigenvalue weighted by Crippen LogP contribution is 2.46. The van der Waals surface area contributed by atoms with Crippen LogP contribution in [0.15, 0.2) is 30.3 Å². The molecule has 0 bridgehead atoms. The van der Waals surface area contributed by atoms with Gasteiger partial charge in [0, 0.05) is 13.0 Å². The molecule has 0 spiro atoms. The van der Waals surface area contributed by atoms with Crippen LogP contribution in [0.1, 0.15) is 38.2 Å². The van der Waals surface area contributed by atoms with Gasteiger partial charge in [0.25, 0.3) is 0 Å². The molecule has 0 radical (unpaired) electrons. The molecule has 1 aromatic rings. The zero-order valence-electron chi connectivity index (χ0n) is 11.5. The quantitative estimate of drug-likeness (QED) is 0.782. The fraction of sp³-hybridized carbons (Fsp3) is 0.562. The number of hydrogen-bond acceptors (Lipinski definition) is 3. The van der Waals surface area contributed by atoms with E-state index < -0.39 is 5.60 Å². The summed E-state index contributed by atoms with van der Waals surface area (Å²) in [7, 11) is 0. The van der Waals surface area contributed by atoms with Crippen LogP contribution in [-0.2, 0) is 15.1 Å². The first-order valence-electron chi connectivity index (χ1n) is 7.27. The zero-order chi connectivity index (χ0) is 13.3. The average Bonchev–Trinajstić information content (AvgIpc) is 2.45. The number of rotatable bonds is 3. The molecule has 19 heavy (non-hydrogen) atoms. The molecule has 3 nitrogen and oxygen atoms in total. The third-order valence-corrected chi connectivity index (χ3v) is 4.44. The number of ether oxygens (including phenoxy) is 1. The normalized spacial score (nSPS) is 30.3. The second-order valence-corrected chi connectivity index (χ2v) is 5.57. The topological polar surface area (TPSA) is 29.5 Å². The summed E-state index contributed by atoms with van der Waals surface area (Å²) < 4.78 is 5.90. The molecule has 2 aliphatic heterocycles. The van der Waals surface area contributed by atoms with Crippen LogP contribution >= 0.6 is 0 Å². The summed E-state index contributed by atoms with van der Waals surface area (Å²) in [5.74, 6) is -0.0888. The Kier molecular flexibility index (Phi) is 3.31. The standard InChI is InChI=1S/C16H21NO2/c1-2-15(18)19-16(13-8-4-3-5-9-13)12-17-11-7-6-10-14(16)17/h3-5,8-9,14H,2,6-7,10-12H2,1H3. The molecule has 3 rings (SSSR count). The predicted molar refractivity (Wildman–Crippen MR) is 73.7 cm³/mol. The summed E-state index contributed by atoms with van der Waals surface area (Å²) in [5, 5.41) is 0. The van der Waals surface area contributed by atoms with Crippen LogP contribution < -0.4 is 0 Å². The van der Waals surface area contributed by atoms with Crippen LogP contribution in [-0.4, -0.2) is 30.0 Å². The maximum Gasteiger partial charge on any atom is 0.306 e. The molecule has 2 aliphatic rings. The molecule has 0 N–H and O–H groups in total. The molecule has 3 heteroatoms. The zero-order valence-corrected chi connectivity index (χ0v) is 11.5. The van der Waals surface area contributed by atoms with Crippen LogP contribution in [0.25, 0.3) is 0 Å². The van der Waals surface area contributed by atoms with Gasteiger partial charge in [-0.1, -0.05) is 43.7 Å². The lowest BCUT2D eigenvalue weighted by molar-refractivity contribution is -0.211. The minimum atomic E-state index is -0.394. The van der Waals surface area contributed by atoms with E-state index in [1.807, 2.05) is 25.1 Å². The van der Waals surface area contributed by atoms with E-state index in [4.69, 9.17) is 4.74 Å². The maximum atomic E-state index is 11.8. The van der Waals surface area contributed by atoms with Gasteiger partial charge in [-0.3, -0.25) is 9.69 Å². The van der Waals surface area contributed by atoms with E-state index in [2.05, 4.69) is 17.0 Å². The number of nitrogens with zero attached hydrogens (tertiary/aromatic N) is 1. The summed E-state index contributed by atoms with van der Waals surface area (Å²) >= 11 is 0. The predicted octanol–water partition coefficient (Wildman–Crippen LogP) is 2.70. The molecular formula is C16H21NO2. The number of hydrogen-bond donors (Lipinski definition) is 0. The number of carbonyl (C=O) groups is 1. The lowest BCUT2D eigenvalue weighted by Crippen LogP contribution is -2.70. The monoisotopic (exact) mass is 259 g/mol. The third kappa shape index (κ3) is 2.06. The highest BCUT2D eigenvalue weighted by Gasteiger charge is 2.56. The van der Waals surface area contributed by atoms with Gasteiger partial charge in [-0.2, -0.15) is 0 Å². The summed E-state index contributed by atoms with van der Waals surface area (Å²) in [6.45, 7) is 3.86. The first kappa shape index (κ1) is 12.7. The Morgan fingerprint density at radius 1 is 1.37 bits per heavy atom. The van der Waals surface area contributed by atoms with Crippen molar-refractivity contribution in [3.05, 3.63) is 35.9 Å². The molecule has 2 heterocycles. The molecule has 2 atom stereocenters. The van der Waals surface area contributed by atoms with E-state index in [9.17, 15) is 4.79 Å². The second kappa shape index (κ2) is 4.97. The Morgan fingerprint density at radius 2 is 2.16 bits per heavy atom. The van der Waals surface area contributed by atoms with Gasteiger partial charge in [0.2, 0.25) is 0 Å². The van der Waals surface area contributed by atoms with Crippen molar-refractivity contribution in [2.24, 2.45) is 0 Å². The lowest BCUT2D eigenvalue weighted by atomic mass is 9.73. The maximum absolute atomic E-state index is 11.8. The van der Waals surface area contributed by atoms with Gasteiger partial charge in [0.05, 0.1) is 6.04 Å². The minimum absolute atomic E-state index is 0.0888. The Morgan fingerprint density at radius 3 is 2.84 bits per heavy atom. The fourth-order valence-corrected chi connectivity index (χ4v) is 3.44. The Balaban J connectivity index is 1.91. The molecule has 2 fully saturated rings. The molecule has 2 unspecified atom stereocenters. The highest BCUT2D eigenvalue weighted by atomic mass is 16.6. The molecule has 0 aliphatic carbocycles. The van der Waals surface area contributed by atoms with Gasteiger partial charge >= 0.3 is 5.97 Å². The van der Waals surface area contributed by atoms with E-state index in [1.165, 1.54) is 12.8 Å². The molecule has 0 saturated carbocycles. The lowest BCUT2D eigenvalue weighted by Gasteiger charge is -2.58. The summed E-state index contributed by atoms with van der Waals surface area (Å²) in [6.07, 6.45) is 4.08. The van der Waals surface area contributed by atoms with Crippen LogP contribution in [0.3, 0.4) is 0 Å². The number of piperidine rings is 1. The van der Waals surface area contributed by atoms with Crippen molar-refractivity contribution < 1.29 is 9.53 Å². The van der Waals surface area contributed by atoms with Gasteiger partial charge < -0.3 is 4.74 Å². The third-order valence-electron chi connectivity index (χ3n) is 4.44. The molecule has 0 amide bonds. The van der Waals surface area contributed by atoms with Crippen molar-refractivity contribution in [1.29, 1.82) is 0 Å². The summed E-state index contributed by atoms with van der Waals surface area (Å²) in [6, 6.07) is 10.6. The number of benzene rings is 1. The van der Waals surface area contributed by atoms with Gasteiger partial charge in [-0.05, 0) is 24.9 Å².